The normalized spacial score (nSPS) is 12.5. The van der Waals surface area contributed by atoms with Crippen LogP contribution < -0.4 is 0 Å². The molecule has 1 aromatic heterocycles. The minimum Gasteiger partial charge on any atom is -0.256 e. The van der Waals surface area contributed by atoms with Crippen molar-refractivity contribution in [1.29, 1.82) is 0 Å². The zero-order valence-electron chi connectivity index (χ0n) is 15.5. The summed E-state index contributed by atoms with van der Waals surface area (Å²) in [5.74, 6) is 0.549. The summed E-state index contributed by atoms with van der Waals surface area (Å²) in [5.41, 5.74) is 9.34. The molecule has 0 spiro atoms. The minimum absolute atomic E-state index is 0.549. The Labute approximate surface area is 145 Å². The second-order valence-electron chi connectivity index (χ2n) is 7.17. The maximum absolute atomic E-state index is 4.62. The Morgan fingerprint density at radius 3 is 2.25 bits per heavy atom. The highest BCUT2D eigenvalue weighted by atomic mass is 14.7. The van der Waals surface area contributed by atoms with Gasteiger partial charge in [-0.2, -0.15) is 0 Å². The molecule has 3 aromatic rings. The molecule has 2 aromatic carbocycles. The van der Waals surface area contributed by atoms with Crippen molar-refractivity contribution in [1.82, 2.24) is 4.98 Å². The second kappa shape index (κ2) is 6.76. The van der Waals surface area contributed by atoms with E-state index >= 15 is 0 Å². The lowest BCUT2D eigenvalue weighted by atomic mass is 9.86. The molecule has 0 saturated heterocycles. The monoisotopic (exact) mass is 317 g/mol. The topological polar surface area (TPSA) is 12.9 Å². The molecule has 24 heavy (non-hydrogen) atoms. The lowest BCUT2D eigenvalue weighted by Crippen LogP contribution is -2.05. The molecule has 1 unspecified atom stereocenters. The van der Waals surface area contributed by atoms with Gasteiger partial charge in [-0.1, -0.05) is 47.9 Å². The smallest absolute Gasteiger partial charge is 0.0705 e. The van der Waals surface area contributed by atoms with E-state index in [2.05, 4.69) is 76.0 Å². The van der Waals surface area contributed by atoms with E-state index in [1.807, 2.05) is 6.20 Å². The lowest BCUT2D eigenvalue weighted by molar-refractivity contribution is 0.659. The van der Waals surface area contributed by atoms with Gasteiger partial charge in [-0.25, -0.2) is 0 Å². The number of benzene rings is 2. The van der Waals surface area contributed by atoms with Crippen LogP contribution in [0.2, 0.25) is 0 Å². The molecule has 1 atom stereocenters. The first-order chi connectivity index (χ1) is 11.5. The Bertz CT molecular complexity index is 851. The van der Waals surface area contributed by atoms with Crippen LogP contribution in [0.1, 0.15) is 52.6 Å². The highest BCUT2D eigenvalue weighted by molar-refractivity contribution is 5.83. The summed E-state index contributed by atoms with van der Waals surface area (Å²) in [4.78, 5) is 4.62. The van der Waals surface area contributed by atoms with Gasteiger partial charge in [0.25, 0.3) is 0 Å². The van der Waals surface area contributed by atoms with Gasteiger partial charge < -0.3 is 0 Å². The van der Waals surface area contributed by atoms with Crippen LogP contribution in [-0.4, -0.2) is 4.98 Å². The van der Waals surface area contributed by atoms with Gasteiger partial charge in [-0.05, 0) is 75.3 Å². The fourth-order valence-electron chi connectivity index (χ4n) is 3.72. The number of nitrogens with zero attached hydrogens (tertiary/aromatic N) is 1. The third-order valence-electron chi connectivity index (χ3n) is 5.01. The van der Waals surface area contributed by atoms with Crippen molar-refractivity contribution in [2.45, 2.75) is 53.4 Å². The molecule has 1 nitrogen and oxygen atoms in total. The quantitative estimate of drug-likeness (QED) is 0.558. The van der Waals surface area contributed by atoms with Crippen LogP contribution in [0.3, 0.4) is 0 Å². The Morgan fingerprint density at radius 2 is 1.58 bits per heavy atom. The van der Waals surface area contributed by atoms with Gasteiger partial charge in [0.1, 0.15) is 0 Å². The van der Waals surface area contributed by atoms with Gasteiger partial charge in [0.05, 0.1) is 5.52 Å². The Balaban J connectivity index is 2.06. The van der Waals surface area contributed by atoms with Crippen LogP contribution in [0.15, 0.2) is 42.6 Å². The van der Waals surface area contributed by atoms with Crippen molar-refractivity contribution in [2.75, 3.05) is 0 Å². The highest BCUT2D eigenvalue weighted by Gasteiger charge is 2.15. The number of pyridine rings is 1. The molecule has 0 aliphatic rings. The van der Waals surface area contributed by atoms with Crippen molar-refractivity contribution in [3.8, 4) is 0 Å². The Kier molecular flexibility index (Phi) is 4.71. The number of hydrogen-bond donors (Lipinski definition) is 0. The van der Waals surface area contributed by atoms with Gasteiger partial charge in [0, 0.05) is 11.6 Å². The number of hydrogen-bond acceptors (Lipinski definition) is 1. The first-order valence-corrected chi connectivity index (χ1v) is 8.91. The minimum atomic E-state index is 0.549. The van der Waals surface area contributed by atoms with E-state index in [0.29, 0.717) is 5.92 Å². The number of aryl methyl sites for hydroxylation is 4. The average Bonchev–Trinajstić information content (AvgIpc) is 2.53. The van der Waals surface area contributed by atoms with Crippen LogP contribution in [-0.2, 0) is 6.42 Å². The predicted molar refractivity (Wildman–Crippen MR) is 104 cm³/mol. The van der Waals surface area contributed by atoms with Crippen molar-refractivity contribution < 1.29 is 0 Å². The molecule has 124 valence electrons. The van der Waals surface area contributed by atoms with E-state index in [1.165, 1.54) is 38.8 Å². The molecule has 0 amide bonds. The SMILES string of the molecule is CCC(Cc1c(C)cnc2ccc(C)cc12)c1cc(C)cc(C)c1. The summed E-state index contributed by atoms with van der Waals surface area (Å²) < 4.78 is 0. The number of aromatic nitrogens is 1. The third kappa shape index (κ3) is 3.36. The molecule has 0 radical (unpaired) electrons. The van der Waals surface area contributed by atoms with Gasteiger partial charge in [0.15, 0.2) is 0 Å². The fourth-order valence-corrected chi connectivity index (χ4v) is 3.72. The first kappa shape index (κ1) is 16.7. The Hall–Kier alpha value is -2.15. The zero-order chi connectivity index (χ0) is 17.3. The lowest BCUT2D eigenvalue weighted by Gasteiger charge is -2.20. The molecule has 1 heteroatoms. The first-order valence-electron chi connectivity index (χ1n) is 8.91. The summed E-state index contributed by atoms with van der Waals surface area (Å²) in [6.07, 6.45) is 4.26. The summed E-state index contributed by atoms with van der Waals surface area (Å²) in [5, 5.41) is 1.32. The zero-order valence-corrected chi connectivity index (χ0v) is 15.5. The molecule has 0 aliphatic heterocycles. The standard InChI is InChI=1S/C23H27N/c1-6-19(20-10-16(3)9-17(4)11-20)13-21-18(5)14-24-23-8-7-15(2)12-22(21)23/h7-12,14,19H,6,13H2,1-5H3. The van der Waals surface area contributed by atoms with E-state index < -0.39 is 0 Å². The van der Waals surface area contributed by atoms with Gasteiger partial charge in [0.2, 0.25) is 0 Å². The van der Waals surface area contributed by atoms with Gasteiger partial charge in [-0.3, -0.25) is 4.98 Å². The molecule has 0 saturated carbocycles. The second-order valence-corrected chi connectivity index (χ2v) is 7.17. The fraction of sp³-hybridized carbons (Fsp3) is 0.348. The molecule has 3 rings (SSSR count). The van der Waals surface area contributed by atoms with E-state index in [-0.39, 0.29) is 0 Å². The average molecular weight is 317 g/mol. The summed E-state index contributed by atoms with van der Waals surface area (Å²) in [7, 11) is 0. The maximum Gasteiger partial charge on any atom is 0.0705 e. The van der Waals surface area contributed by atoms with Crippen LogP contribution in [0.5, 0.6) is 0 Å². The van der Waals surface area contributed by atoms with Crippen molar-refractivity contribution in [3.63, 3.8) is 0 Å². The highest BCUT2D eigenvalue weighted by Crippen LogP contribution is 2.31. The molecule has 0 aliphatic carbocycles. The van der Waals surface area contributed by atoms with E-state index in [9.17, 15) is 0 Å². The molecule has 0 N–H and O–H groups in total. The number of rotatable bonds is 4. The van der Waals surface area contributed by atoms with Crippen LogP contribution in [0, 0.1) is 27.7 Å². The molecular weight excluding hydrogens is 290 g/mol. The van der Waals surface area contributed by atoms with Crippen LogP contribution >= 0.6 is 0 Å². The van der Waals surface area contributed by atoms with E-state index in [1.54, 1.807) is 0 Å². The third-order valence-corrected chi connectivity index (χ3v) is 5.01. The molecule has 0 bridgehead atoms. The largest absolute Gasteiger partial charge is 0.256 e. The summed E-state index contributed by atoms with van der Waals surface area (Å²) >= 11 is 0. The van der Waals surface area contributed by atoms with Crippen molar-refractivity contribution in [2.24, 2.45) is 0 Å². The summed E-state index contributed by atoms with van der Waals surface area (Å²) in [6, 6.07) is 13.5. The van der Waals surface area contributed by atoms with Crippen molar-refractivity contribution >= 4 is 10.9 Å². The molecule has 0 fully saturated rings. The van der Waals surface area contributed by atoms with Gasteiger partial charge in [-0.15, -0.1) is 0 Å². The van der Waals surface area contributed by atoms with E-state index in [4.69, 9.17) is 0 Å². The Morgan fingerprint density at radius 1 is 0.875 bits per heavy atom. The van der Waals surface area contributed by atoms with Crippen LogP contribution in [0.25, 0.3) is 10.9 Å². The summed E-state index contributed by atoms with van der Waals surface area (Å²) in [6.45, 7) is 11.0. The molecular formula is C23H27N. The maximum atomic E-state index is 4.62. The molecule has 1 heterocycles. The predicted octanol–water partition coefficient (Wildman–Crippen LogP) is 6.20. The number of fused-ring (bicyclic) bond motifs is 1. The van der Waals surface area contributed by atoms with Crippen molar-refractivity contribution in [3.05, 3.63) is 76.0 Å². The van der Waals surface area contributed by atoms with Gasteiger partial charge >= 0.3 is 0 Å². The van der Waals surface area contributed by atoms with Crippen LogP contribution in [0.4, 0.5) is 0 Å². The van der Waals surface area contributed by atoms with E-state index in [0.717, 1.165) is 18.4 Å².